The first-order valence-corrected chi connectivity index (χ1v) is 9.03. The molecular weight excluding hydrogens is 278 g/mol. The number of rotatable bonds is 13. The van der Waals surface area contributed by atoms with Gasteiger partial charge in [0.15, 0.2) is 0 Å². The molecule has 0 aromatic rings. The van der Waals surface area contributed by atoms with Crippen LogP contribution in [0.15, 0.2) is 0 Å². The average molecular weight is 307 g/mol. The molecule has 0 aliphatic heterocycles. The fourth-order valence-corrected chi connectivity index (χ4v) is 3.58. The molecule has 0 fully saturated rings. The van der Waals surface area contributed by atoms with E-state index in [-0.39, 0.29) is 5.97 Å². The highest BCUT2D eigenvalue weighted by Gasteiger charge is 2.36. The van der Waals surface area contributed by atoms with Gasteiger partial charge < -0.3 is 23.3 Å². The third kappa shape index (κ3) is 9.43. The number of nitrogens with one attached hydrogen (secondary N) is 1. The van der Waals surface area contributed by atoms with Crippen molar-refractivity contribution in [3.05, 3.63) is 0 Å². The molecule has 7 heteroatoms. The van der Waals surface area contributed by atoms with E-state index in [4.69, 9.17) is 18.0 Å². The minimum atomic E-state index is -2.40. The summed E-state index contributed by atoms with van der Waals surface area (Å²) in [6, 6.07) is 0.815. The molecule has 0 radical (unpaired) electrons. The highest BCUT2D eigenvalue weighted by atomic mass is 28.4. The van der Waals surface area contributed by atoms with Gasteiger partial charge in [0, 0.05) is 34.3 Å². The number of unbranched alkanes of at least 4 members (excludes halogenated alkanes) is 2. The lowest BCUT2D eigenvalue weighted by Gasteiger charge is -2.24. The van der Waals surface area contributed by atoms with Crippen molar-refractivity contribution < 1.29 is 22.8 Å². The van der Waals surface area contributed by atoms with Crippen LogP contribution in [0.25, 0.3) is 0 Å². The summed E-state index contributed by atoms with van der Waals surface area (Å²) in [6.07, 6.45) is 4.04. The number of hydrogen-bond donors (Lipinski definition) is 1. The maximum absolute atomic E-state index is 10.5. The zero-order chi connectivity index (χ0) is 15.3. The molecule has 1 N–H and O–H groups in total. The maximum atomic E-state index is 10.5. The predicted molar refractivity (Wildman–Crippen MR) is 79.6 cm³/mol. The minimum Gasteiger partial charge on any atom is -0.466 e. The van der Waals surface area contributed by atoms with Crippen molar-refractivity contribution in [1.29, 1.82) is 0 Å². The number of carbonyl (C=O) groups excluding carboxylic acids is 1. The second kappa shape index (κ2) is 12.3. The van der Waals surface area contributed by atoms with Gasteiger partial charge in [-0.15, -0.1) is 0 Å². The topological polar surface area (TPSA) is 66.0 Å². The van der Waals surface area contributed by atoms with E-state index in [9.17, 15) is 4.79 Å². The molecule has 0 saturated carbocycles. The summed E-state index contributed by atoms with van der Waals surface area (Å²) in [4.78, 5) is 10.5. The third-order valence-corrected chi connectivity index (χ3v) is 5.90. The van der Waals surface area contributed by atoms with Crippen LogP contribution in [0.2, 0.25) is 6.04 Å². The fourth-order valence-electron chi connectivity index (χ4n) is 1.86. The largest absolute Gasteiger partial charge is 0.500 e. The Kier molecular flexibility index (Phi) is 12.0. The molecule has 0 atom stereocenters. The highest BCUT2D eigenvalue weighted by Crippen LogP contribution is 2.14. The Morgan fingerprint density at radius 3 is 2.10 bits per heavy atom. The summed E-state index contributed by atoms with van der Waals surface area (Å²) in [6.45, 7) is 3.86. The number of carbonyl (C=O) groups is 1. The van der Waals surface area contributed by atoms with Crippen molar-refractivity contribution in [3.63, 3.8) is 0 Å². The summed E-state index contributed by atoms with van der Waals surface area (Å²) in [7, 11) is 2.50. The van der Waals surface area contributed by atoms with Gasteiger partial charge in [-0.3, -0.25) is 4.79 Å². The van der Waals surface area contributed by atoms with Crippen LogP contribution in [-0.4, -0.2) is 55.8 Å². The molecule has 0 aromatic carbocycles. The van der Waals surface area contributed by atoms with E-state index in [1.165, 1.54) is 6.92 Å². The van der Waals surface area contributed by atoms with Gasteiger partial charge in [-0.25, -0.2) is 0 Å². The zero-order valence-corrected chi connectivity index (χ0v) is 14.2. The van der Waals surface area contributed by atoms with Crippen molar-refractivity contribution in [1.82, 2.24) is 5.32 Å². The first-order chi connectivity index (χ1) is 9.60. The third-order valence-electron chi connectivity index (χ3n) is 3.07. The van der Waals surface area contributed by atoms with Crippen LogP contribution in [0, 0.1) is 0 Å². The Labute approximate surface area is 123 Å². The molecule has 0 spiro atoms. The molecular formula is C13H29NO5Si. The molecule has 0 amide bonds. The van der Waals surface area contributed by atoms with Crippen LogP contribution in [0.5, 0.6) is 0 Å². The minimum absolute atomic E-state index is 0.204. The molecule has 0 heterocycles. The smallest absolute Gasteiger partial charge is 0.466 e. The van der Waals surface area contributed by atoms with Crippen LogP contribution in [0.3, 0.4) is 0 Å². The molecule has 6 nitrogen and oxygen atoms in total. The Bertz CT molecular complexity index is 241. The second-order valence-electron chi connectivity index (χ2n) is 4.55. The van der Waals surface area contributed by atoms with E-state index in [1.807, 2.05) is 0 Å². The van der Waals surface area contributed by atoms with Gasteiger partial charge in [0.25, 0.3) is 0 Å². The summed E-state index contributed by atoms with van der Waals surface area (Å²) < 4.78 is 20.9. The number of esters is 1. The molecule has 120 valence electrons. The van der Waals surface area contributed by atoms with E-state index in [2.05, 4.69) is 5.32 Å². The normalized spacial score (nSPS) is 11.6. The van der Waals surface area contributed by atoms with E-state index in [0.29, 0.717) is 6.61 Å². The lowest BCUT2D eigenvalue weighted by atomic mass is 10.2. The zero-order valence-electron chi connectivity index (χ0n) is 13.2. The predicted octanol–water partition coefficient (Wildman–Crippen LogP) is 1.58. The second-order valence-corrected chi connectivity index (χ2v) is 7.64. The van der Waals surface area contributed by atoms with Gasteiger partial charge in [-0.2, -0.15) is 0 Å². The Hall–Kier alpha value is -0.473. The first-order valence-electron chi connectivity index (χ1n) is 7.09. The quantitative estimate of drug-likeness (QED) is 0.316. The molecule has 0 aliphatic rings. The molecule has 0 bridgehead atoms. The van der Waals surface area contributed by atoms with Crippen molar-refractivity contribution in [2.45, 2.75) is 38.7 Å². The monoisotopic (exact) mass is 307 g/mol. The van der Waals surface area contributed by atoms with Crippen LogP contribution < -0.4 is 5.32 Å². The number of ether oxygens (including phenoxy) is 1. The van der Waals surface area contributed by atoms with Gasteiger partial charge >= 0.3 is 14.8 Å². The van der Waals surface area contributed by atoms with Crippen molar-refractivity contribution in [2.75, 3.05) is 41.0 Å². The summed E-state index contributed by atoms with van der Waals surface area (Å²) in [5, 5.41) is 3.38. The Morgan fingerprint density at radius 1 is 0.950 bits per heavy atom. The van der Waals surface area contributed by atoms with Gasteiger partial charge in [-0.05, 0) is 38.8 Å². The molecule has 0 rings (SSSR count). The highest BCUT2D eigenvalue weighted by molar-refractivity contribution is 6.60. The van der Waals surface area contributed by atoms with Gasteiger partial charge in [0.2, 0.25) is 0 Å². The fraction of sp³-hybridized carbons (Fsp3) is 0.923. The molecule has 0 saturated heterocycles. The summed E-state index contributed by atoms with van der Waals surface area (Å²) in [5.74, 6) is -0.204. The average Bonchev–Trinajstić information content (AvgIpc) is 2.45. The van der Waals surface area contributed by atoms with Crippen LogP contribution in [0.1, 0.15) is 32.6 Å². The van der Waals surface area contributed by atoms with E-state index >= 15 is 0 Å². The van der Waals surface area contributed by atoms with Gasteiger partial charge in [-0.1, -0.05) is 0 Å². The maximum Gasteiger partial charge on any atom is 0.500 e. The number of hydrogen-bond acceptors (Lipinski definition) is 6. The first kappa shape index (κ1) is 19.5. The van der Waals surface area contributed by atoms with Crippen molar-refractivity contribution >= 4 is 14.8 Å². The summed E-state index contributed by atoms with van der Waals surface area (Å²) in [5.41, 5.74) is 0. The molecule has 20 heavy (non-hydrogen) atoms. The van der Waals surface area contributed by atoms with Gasteiger partial charge in [0.05, 0.1) is 6.61 Å². The molecule has 0 unspecified atom stereocenters. The molecule has 0 aliphatic carbocycles. The van der Waals surface area contributed by atoms with Crippen LogP contribution in [0.4, 0.5) is 0 Å². The Balaban J connectivity index is 3.38. The van der Waals surface area contributed by atoms with Crippen molar-refractivity contribution in [2.24, 2.45) is 0 Å². The van der Waals surface area contributed by atoms with E-state index < -0.39 is 8.80 Å². The van der Waals surface area contributed by atoms with Crippen molar-refractivity contribution in [3.8, 4) is 0 Å². The SMILES string of the molecule is CO[Si](CCCNCCCCCOC(C)=O)(OC)OC. The van der Waals surface area contributed by atoms with E-state index in [0.717, 1.165) is 44.8 Å². The lowest BCUT2D eigenvalue weighted by Crippen LogP contribution is -2.43. The van der Waals surface area contributed by atoms with Gasteiger partial charge in [0.1, 0.15) is 0 Å². The Morgan fingerprint density at radius 2 is 1.55 bits per heavy atom. The standard InChI is InChI=1S/C13H29NO5Si/c1-13(15)19-11-7-5-6-9-14-10-8-12-20(16-2,17-3)18-4/h14H,5-12H2,1-4H3. The van der Waals surface area contributed by atoms with Crippen LogP contribution >= 0.6 is 0 Å². The van der Waals surface area contributed by atoms with E-state index in [1.54, 1.807) is 21.3 Å². The lowest BCUT2D eigenvalue weighted by molar-refractivity contribution is -0.141. The van der Waals surface area contributed by atoms with Crippen LogP contribution in [-0.2, 0) is 22.8 Å². The summed E-state index contributed by atoms with van der Waals surface area (Å²) >= 11 is 0. The molecule has 0 aromatic heterocycles.